The molecule has 14 aromatic carbocycles. The maximum Gasteiger partial charge on any atom is 0.145 e. The summed E-state index contributed by atoms with van der Waals surface area (Å²) in [5, 5.41) is 34.7. The van der Waals surface area contributed by atoms with E-state index in [0.29, 0.717) is 11.1 Å². The van der Waals surface area contributed by atoms with Gasteiger partial charge in [0.1, 0.15) is 34.5 Å². The Labute approximate surface area is 537 Å². The lowest BCUT2D eigenvalue weighted by molar-refractivity contribution is 0.669. The minimum absolute atomic E-state index is 0.612. The second kappa shape index (κ2) is 20.7. The van der Waals surface area contributed by atoms with E-state index in [2.05, 4.69) is 279 Å². The lowest BCUT2D eigenvalue weighted by atomic mass is 9.99. The van der Waals surface area contributed by atoms with Crippen molar-refractivity contribution in [1.82, 2.24) is 18.3 Å². The normalized spacial score (nSPS) is 11.8. The Kier molecular flexibility index (Phi) is 11.6. The van der Waals surface area contributed by atoms with Crippen LogP contribution in [0.25, 0.3) is 176 Å². The quantitative estimate of drug-likeness (QED) is 0.166. The first-order valence-electron chi connectivity index (χ1n) is 31.5. The molecule has 0 N–H and O–H groups in total. The maximum absolute atomic E-state index is 10.5. The fourth-order valence-electron chi connectivity index (χ4n) is 15.2. The van der Waals surface area contributed by atoms with Crippen LogP contribution < -0.4 is 0 Å². The highest BCUT2D eigenvalue weighted by atomic mass is 16.3. The first-order chi connectivity index (χ1) is 46.6. The molecule has 0 bridgehead atoms. The van der Waals surface area contributed by atoms with Crippen LogP contribution in [0.2, 0.25) is 0 Å². The number of rotatable bonds is 6. The van der Waals surface area contributed by atoms with E-state index in [0.717, 1.165) is 132 Å². The molecule has 0 atom stereocenters. The highest BCUT2D eigenvalue weighted by Gasteiger charge is 2.25. The number of nitriles is 2. The van der Waals surface area contributed by atoms with Crippen LogP contribution in [0.1, 0.15) is 11.1 Å². The van der Waals surface area contributed by atoms with Gasteiger partial charge >= 0.3 is 0 Å². The smallest absolute Gasteiger partial charge is 0.145 e. The van der Waals surface area contributed by atoms with Gasteiger partial charge in [-0.15, -0.1) is 0 Å². The maximum atomic E-state index is 10.5. The molecule has 0 unspecified atom stereocenters. The fraction of sp³-hybridized carbons (Fsp3) is 0. The third kappa shape index (κ3) is 7.72. The number of benzene rings is 14. The van der Waals surface area contributed by atoms with Crippen LogP contribution in [-0.2, 0) is 0 Å². The Balaban J connectivity index is 0.000000133. The number of hydrogen-bond acceptors (Lipinski definition) is 4. The van der Waals surface area contributed by atoms with Gasteiger partial charge in [0.25, 0.3) is 0 Å². The zero-order valence-electron chi connectivity index (χ0n) is 50.4. The Morgan fingerprint density at radius 1 is 0.234 bits per heavy atom. The molecule has 0 fully saturated rings. The van der Waals surface area contributed by atoms with E-state index in [9.17, 15) is 10.5 Å². The van der Waals surface area contributed by atoms with E-state index < -0.39 is 0 Å². The van der Waals surface area contributed by atoms with Crippen molar-refractivity contribution in [3.63, 3.8) is 0 Å². The van der Waals surface area contributed by atoms with Gasteiger partial charge in [-0.1, -0.05) is 194 Å². The number of hydrogen-bond donors (Lipinski definition) is 0. The van der Waals surface area contributed by atoms with E-state index in [1.807, 2.05) is 54.6 Å². The van der Waals surface area contributed by atoms with Gasteiger partial charge in [0, 0.05) is 81.8 Å². The van der Waals surface area contributed by atoms with Crippen molar-refractivity contribution in [3.8, 4) is 57.1 Å². The Morgan fingerprint density at radius 3 is 1.07 bits per heavy atom. The van der Waals surface area contributed by atoms with Gasteiger partial charge in [-0.2, -0.15) is 10.5 Å². The molecular formula is C86H50N6O2. The minimum Gasteiger partial charge on any atom is -0.456 e. The number of para-hydroxylation sites is 10. The molecule has 0 amide bonds. The van der Waals surface area contributed by atoms with Crippen LogP contribution in [0.15, 0.2) is 312 Å². The van der Waals surface area contributed by atoms with Crippen LogP contribution >= 0.6 is 0 Å². The monoisotopic (exact) mass is 1200 g/mol. The van der Waals surface area contributed by atoms with E-state index in [-0.39, 0.29) is 0 Å². The molecule has 0 saturated heterocycles. The molecule has 0 radical (unpaired) electrons. The lowest BCUT2D eigenvalue weighted by Crippen LogP contribution is -2.01. The number of fused-ring (bicyclic) bond motifs is 20. The van der Waals surface area contributed by atoms with Gasteiger partial charge in [0.05, 0.1) is 72.0 Å². The molecule has 0 aliphatic rings. The summed E-state index contributed by atoms with van der Waals surface area (Å²) in [6.07, 6.45) is 0. The molecule has 0 saturated carbocycles. The number of nitrogens with zero attached hydrogens (tertiary/aromatic N) is 6. The topological polar surface area (TPSA) is 93.6 Å². The summed E-state index contributed by atoms with van der Waals surface area (Å²) in [6.45, 7) is 0. The molecule has 6 heterocycles. The highest BCUT2D eigenvalue weighted by molar-refractivity contribution is 6.28. The molecule has 8 nitrogen and oxygen atoms in total. The van der Waals surface area contributed by atoms with Gasteiger partial charge < -0.3 is 27.1 Å². The van der Waals surface area contributed by atoms with Crippen LogP contribution in [0.4, 0.5) is 0 Å². The second-order valence-corrected chi connectivity index (χ2v) is 24.0. The van der Waals surface area contributed by atoms with Crippen LogP contribution in [-0.4, -0.2) is 18.3 Å². The van der Waals surface area contributed by atoms with E-state index in [1.165, 1.54) is 43.6 Å². The van der Waals surface area contributed by atoms with E-state index >= 15 is 0 Å². The van der Waals surface area contributed by atoms with Gasteiger partial charge in [-0.05, 0) is 120 Å². The van der Waals surface area contributed by atoms with Crippen LogP contribution in [0, 0.1) is 22.7 Å². The second-order valence-electron chi connectivity index (χ2n) is 24.0. The fourth-order valence-corrected chi connectivity index (χ4v) is 15.2. The van der Waals surface area contributed by atoms with Crippen molar-refractivity contribution in [3.05, 3.63) is 314 Å². The SMILES string of the molecule is N#Cc1cccc(-c2ccc(-n3c4ccccc4c4ccccc43)cc2)c1-n1c2ccccc2c2c3c(ccc21)oc1ccccc13.N#Cc1cccc(-c2ccc(-n3c4ccccc4c4ccccc43)cc2)c1-n1c2ccccc2c2c3oc4ccccc4c3ccc21. The van der Waals surface area contributed by atoms with Crippen molar-refractivity contribution >= 4 is 131 Å². The summed E-state index contributed by atoms with van der Waals surface area (Å²) in [5.74, 6) is 0. The summed E-state index contributed by atoms with van der Waals surface area (Å²) in [7, 11) is 0. The summed E-state index contributed by atoms with van der Waals surface area (Å²) in [4.78, 5) is 0. The zero-order chi connectivity index (χ0) is 62.1. The first kappa shape index (κ1) is 52.8. The summed E-state index contributed by atoms with van der Waals surface area (Å²) in [5.41, 5.74) is 21.5. The predicted octanol–water partition coefficient (Wildman–Crippen LogP) is 22.6. The Hall–Kier alpha value is -13.1. The predicted molar refractivity (Wildman–Crippen MR) is 385 cm³/mol. The molecule has 8 heteroatoms. The molecule has 0 spiro atoms. The van der Waals surface area contributed by atoms with Crippen molar-refractivity contribution in [2.24, 2.45) is 0 Å². The Morgan fingerprint density at radius 2 is 0.606 bits per heavy atom. The third-order valence-electron chi connectivity index (χ3n) is 19.2. The number of aromatic nitrogens is 4. The molecule has 20 rings (SSSR count). The van der Waals surface area contributed by atoms with Crippen molar-refractivity contribution < 1.29 is 8.83 Å². The first-order valence-corrected chi connectivity index (χ1v) is 31.5. The summed E-state index contributed by atoms with van der Waals surface area (Å²) in [6, 6.07) is 110. The summed E-state index contributed by atoms with van der Waals surface area (Å²) >= 11 is 0. The van der Waals surface area contributed by atoms with Gasteiger partial charge in [-0.3, -0.25) is 0 Å². The molecule has 0 aliphatic heterocycles. The lowest BCUT2D eigenvalue weighted by Gasteiger charge is -2.16. The molecule has 94 heavy (non-hydrogen) atoms. The molecule has 436 valence electrons. The largest absolute Gasteiger partial charge is 0.456 e. The standard InChI is InChI=1S/2C43H25N3O/c44-26-28-10-9-15-30(27-20-22-29(23-21-27)45-36-16-5-1-11-31(36)32-12-2-6-17-37(32)45)42(28)46-38-18-7-3-14-35(38)41-39(46)25-24-34-33-13-4-8-19-40(33)47-43(34)41;44-26-28-10-9-15-30(27-20-22-29(23-21-27)45-35-16-5-1-11-31(35)32-12-2-6-17-36(32)45)43(28)46-37-18-7-3-13-33(37)41-38(46)24-25-40-42(41)34-14-4-8-19-39(34)47-40/h2*1-25H. The molecule has 0 aliphatic carbocycles. The zero-order valence-corrected chi connectivity index (χ0v) is 50.4. The van der Waals surface area contributed by atoms with Crippen molar-refractivity contribution in [1.29, 1.82) is 10.5 Å². The molecular weight excluding hydrogens is 1150 g/mol. The van der Waals surface area contributed by atoms with Crippen LogP contribution in [0.5, 0.6) is 0 Å². The minimum atomic E-state index is 0.612. The average Bonchev–Trinajstić information content (AvgIpc) is 1.57. The third-order valence-corrected chi connectivity index (χ3v) is 19.2. The van der Waals surface area contributed by atoms with Crippen molar-refractivity contribution in [2.75, 3.05) is 0 Å². The van der Waals surface area contributed by atoms with E-state index in [1.54, 1.807) is 0 Å². The summed E-state index contributed by atoms with van der Waals surface area (Å²) < 4.78 is 22.0. The van der Waals surface area contributed by atoms with Gasteiger partial charge in [-0.25, -0.2) is 0 Å². The van der Waals surface area contributed by atoms with Crippen molar-refractivity contribution in [2.45, 2.75) is 0 Å². The van der Waals surface area contributed by atoms with E-state index in [4.69, 9.17) is 8.83 Å². The van der Waals surface area contributed by atoms with Gasteiger partial charge in [0.15, 0.2) is 0 Å². The molecule has 6 aromatic heterocycles. The van der Waals surface area contributed by atoms with Gasteiger partial charge in [0.2, 0.25) is 0 Å². The number of furan rings is 2. The Bertz CT molecular complexity index is 6520. The van der Waals surface area contributed by atoms with Crippen LogP contribution in [0.3, 0.4) is 0 Å². The molecule has 20 aromatic rings. The average molecular weight is 1200 g/mol. The highest BCUT2D eigenvalue weighted by Crippen LogP contribution is 2.46.